The lowest BCUT2D eigenvalue weighted by Gasteiger charge is -2.53. The summed E-state index contributed by atoms with van der Waals surface area (Å²) in [6.07, 6.45) is 3.06. The summed E-state index contributed by atoms with van der Waals surface area (Å²) in [6.45, 7) is 13.1. The fraction of sp³-hybridized carbons (Fsp3) is 0.689. The Labute approximate surface area is 358 Å². The summed E-state index contributed by atoms with van der Waals surface area (Å²) >= 11 is 0. The van der Waals surface area contributed by atoms with Gasteiger partial charge in [0.1, 0.15) is 12.2 Å². The molecule has 0 radical (unpaired) electrons. The smallest absolute Gasteiger partial charge is 0.331 e. The number of hydrogen-bond donors (Lipinski definition) is 4. The van der Waals surface area contributed by atoms with Crippen LogP contribution >= 0.6 is 0 Å². The minimum absolute atomic E-state index is 0.110. The summed E-state index contributed by atoms with van der Waals surface area (Å²) < 4.78 is 47.6. The highest BCUT2D eigenvalue weighted by Crippen LogP contribution is 2.50. The highest BCUT2D eigenvalue weighted by atomic mass is 16.7. The predicted molar refractivity (Wildman–Crippen MR) is 218 cm³/mol. The Bertz CT molecular complexity index is 1710. The second-order valence-electron chi connectivity index (χ2n) is 17.4. The molecular weight excluding hydrogens is 796 g/mol. The molecule has 1 unspecified atom stereocenters. The van der Waals surface area contributed by atoms with Crippen LogP contribution in [0.25, 0.3) is 0 Å². The molecule has 342 valence electrons. The zero-order valence-corrected chi connectivity index (χ0v) is 36.9. The normalized spacial score (nSPS) is 37.0. The van der Waals surface area contributed by atoms with Gasteiger partial charge in [-0.3, -0.25) is 9.59 Å². The first-order valence-corrected chi connectivity index (χ1v) is 21.1. The van der Waals surface area contributed by atoms with Crippen LogP contribution in [0.2, 0.25) is 0 Å². The number of aliphatic hydroxyl groups is 4. The second-order valence-corrected chi connectivity index (χ2v) is 17.4. The lowest BCUT2D eigenvalue weighted by atomic mass is 9.70. The molecule has 0 aromatic carbocycles. The van der Waals surface area contributed by atoms with E-state index in [0.29, 0.717) is 5.76 Å². The second kappa shape index (κ2) is 21.0. The highest BCUT2D eigenvalue weighted by molar-refractivity contribution is 5.84. The molecular formula is C45H66O16. The van der Waals surface area contributed by atoms with Crippen molar-refractivity contribution in [1.82, 2.24) is 0 Å². The topological polar surface area (TPSA) is 223 Å². The maximum atomic E-state index is 13.4. The molecule has 16 nitrogen and oxygen atoms in total. The average Bonchev–Trinajstić information content (AvgIpc) is 3.16. The summed E-state index contributed by atoms with van der Waals surface area (Å²) in [6, 6.07) is 0. The fourth-order valence-electron chi connectivity index (χ4n) is 8.07. The zero-order valence-electron chi connectivity index (χ0n) is 36.9. The van der Waals surface area contributed by atoms with Gasteiger partial charge in [-0.15, -0.1) is 0 Å². The monoisotopic (exact) mass is 862 g/mol. The van der Waals surface area contributed by atoms with Crippen molar-refractivity contribution < 1.29 is 77.5 Å². The standard InChI is InChI=1S/C45H66O16/c1-10-12-13-14-15-16-37(49)59-41-29(20-38(50)54-9)19-32-24-35(27(3)46)58-39(51)22-30(48)21-33-25-36(55-28(4)47)43(7,8)44(52,60-33)26-34-23-31(11-2)56-40(57-34)17-18-42(5,6)45(41,53)61-32/h11,13-18,20,27,30,32-36,40-41,46,48,52-53H,10,12,19,21-26H2,1-9H3/b14-13+,16-15+,18-17+,29-20+,31-11-/t27-,30-,32+,33-,34+,35-,36+,40+,41+,44?,45-/m1/s1. The van der Waals surface area contributed by atoms with Crippen LogP contribution in [0.5, 0.6) is 0 Å². The third kappa shape index (κ3) is 12.6. The largest absolute Gasteiger partial charge is 0.466 e. The van der Waals surface area contributed by atoms with Gasteiger partial charge in [-0.25, -0.2) is 9.59 Å². The Kier molecular flexibility index (Phi) is 17.1. The number of allylic oxidation sites excluding steroid dienone is 4. The quantitative estimate of drug-likeness (QED) is 0.0856. The number of carbonyl (C=O) groups excluding carboxylic acids is 4. The predicted octanol–water partition coefficient (Wildman–Crippen LogP) is 4.67. The van der Waals surface area contributed by atoms with Crippen LogP contribution in [-0.4, -0.2) is 118 Å². The Balaban J connectivity index is 1.84. The Morgan fingerprint density at radius 2 is 1.67 bits per heavy atom. The van der Waals surface area contributed by atoms with E-state index in [0.717, 1.165) is 18.9 Å². The van der Waals surface area contributed by atoms with Gasteiger partial charge in [-0.2, -0.15) is 0 Å². The molecule has 3 fully saturated rings. The lowest BCUT2D eigenvalue weighted by molar-refractivity contribution is -0.351. The summed E-state index contributed by atoms with van der Waals surface area (Å²) in [4.78, 5) is 51.8. The Morgan fingerprint density at radius 3 is 2.31 bits per heavy atom. The van der Waals surface area contributed by atoms with Gasteiger partial charge < -0.3 is 58.3 Å². The maximum Gasteiger partial charge on any atom is 0.331 e. The highest BCUT2D eigenvalue weighted by Gasteiger charge is 2.59. The van der Waals surface area contributed by atoms with E-state index in [4.69, 9.17) is 37.9 Å². The molecule has 4 heterocycles. The number of aliphatic hydroxyl groups excluding tert-OH is 2. The van der Waals surface area contributed by atoms with Crippen LogP contribution in [0, 0.1) is 10.8 Å². The number of unbranched alkanes of at least 4 members (excludes halogenated alkanes) is 1. The first-order chi connectivity index (χ1) is 28.6. The van der Waals surface area contributed by atoms with Gasteiger partial charge >= 0.3 is 23.9 Å². The number of rotatable bonds is 8. The lowest BCUT2D eigenvalue weighted by Crippen LogP contribution is -2.62. The summed E-state index contributed by atoms with van der Waals surface area (Å²) in [5, 5.41) is 47.3. The molecule has 4 rings (SSSR count). The van der Waals surface area contributed by atoms with Crippen LogP contribution in [-0.2, 0) is 57.1 Å². The number of cyclic esters (lactones) is 1. The molecule has 4 aliphatic rings. The van der Waals surface area contributed by atoms with Crippen molar-refractivity contribution in [2.45, 2.75) is 180 Å². The van der Waals surface area contributed by atoms with E-state index in [9.17, 15) is 39.6 Å². The molecule has 0 spiro atoms. The summed E-state index contributed by atoms with van der Waals surface area (Å²) in [5.74, 6) is -6.99. The minimum atomic E-state index is -2.44. The van der Waals surface area contributed by atoms with E-state index in [1.165, 1.54) is 39.2 Å². The Hall–Kier alpha value is -3.90. The van der Waals surface area contributed by atoms with Gasteiger partial charge in [0.05, 0.1) is 55.2 Å². The van der Waals surface area contributed by atoms with E-state index in [-0.39, 0.29) is 44.1 Å². The first-order valence-electron chi connectivity index (χ1n) is 21.1. The SMILES string of the molecule is C/C=C1/C[C@H]2CC3(O)O[C@H](C[C@@H](O)CC(=O)O[C@@H]([C@@H](C)O)C[C@@H]4C/C(=C\C(=O)OC)[C@H](OC(=O)/C=C/C=C/CCC)[C@@](O)(O4)C(C)(C)/C=C/[C@@H](O1)O2)C[C@H](OC(C)=O)C3(C)C. The van der Waals surface area contributed by atoms with Crippen molar-refractivity contribution in [2.75, 3.05) is 7.11 Å². The van der Waals surface area contributed by atoms with E-state index >= 15 is 0 Å². The molecule has 6 bridgehead atoms. The third-order valence-electron chi connectivity index (χ3n) is 11.8. The van der Waals surface area contributed by atoms with Crippen molar-refractivity contribution >= 4 is 23.9 Å². The van der Waals surface area contributed by atoms with Crippen molar-refractivity contribution in [3.63, 3.8) is 0 Å². The fourth-order valence-corrected chi connectivity index (χ4v) is 8.07. The molecule has 4 aliphatic heterocycles. The van der Waals surface area contributed by atoms with E-state index in [1.54, 1.807) is 52.8 Å². The zero-order chi connectivity index (χ0) is 45.3. The van der Waals surface area contributed by atoms with Crippen LogP contribution in [0.4, 0.5) is 0 Å². The molecule has 0 saturated carbocycles. The van der Waals surface area contributed by atoms with Gasteiger partial charge in [-0.05, 0) is 44.4 Å². The number of esters is 4. The minimum Gasteiger partial charge on any atom is -0.466 e. The maximum absolute atomic E-state index is 13.4. The van der Waals surface area contributed by atoms with Crippen molar-refractivity contribution in [3.05, 3.63) is 59.9 Å². The third-order valence-corrected chi connectivity index (χ3v) is 11.8. The molecule has 11 atom stereocenters. The van der Waals surface area contributed by atoms with E-state index in [2.05, 4.69) is 0 Å². The molecule has 3 saturated heterocycles. The van der Waals surface area contributed by atoms with Crippen LogP contribution in [0.15, 0.2) is 59.9 Å². The molecule has 0 aromatic heterocycles. The molecule has 0 aromatic rings. The number of hydrogen-bond acceptors (Lipinski definition) is 16. The van der Waals surface area contributed by atoms with Crippen LogP contribution < -0.4 is 0 Å². The van der Waals surface area contributed by atoms with Gasteiger partial charge in [0.2, 0.25) is 12.1 Å². The first kappa shape index (κ1) is 49.8. The van der Waals surface area contributed by atoms with Crippen LogP contribution in [0.1, 0.15) is 113 Å². The molecule has 4 N–H and O–H groups in total. The van der Waals surface area contributed by atoms with Gasteiger partial charge in [0.15, 0.2) is 11.9 Å². The molecule has 0 amide bonds. The average molecular weight is 863 g/mol. The molecule has 61 heavy (non-hydrogen) atoms. The van der Waals surface area contributed by atoms with Crippen molar-refractivity contribution in [2.24, 2.45) is 10.8 Å². The van der Waals surface area contributed by atoms with Crippen LogP contribution in [0.3, 0.4) is 0 Å². The molecule has 0 aliphatic carbocycles. The Morgan fingerprint density at radius 1 is 0.951 bits per heavy atom. The van der Waals surface area contributed by atoms with Gasteiger partial charge in [-0.1, -0.05) is 65.3 Å². The van der Waals surface area contributed by atoms with E-state index in [1.807, 2.05) is 13.0 Å². The van der Waals surface area contributed by atoms with Crippen molar-refractivity contribution in [1.29, 1.82) is 0 Å². The van der Waals surface area contributed by atoms with E-state index < -0.39 is 108 Å². The molecule has 16 heteroatoms. The number of carbonyl (C=O) groups is 4. The summed E-state index contributed by atoms with van der Waals surface area (Å²) in [7, 11) is 1.17. The number of fused-ring (bicyclic) bond motifs is 6. The van der Waals surface area contributed by atoms with Gasteiger partial charge in [0, 0.05) is 56.6 Å². The number of methoxy groups -OCH3 is 1. The van der Waals surface area contributed by atoms with Crippen molar-refractivity contribution in [3.8, 4) is 0 Å². The number of ether oxygens (including phenoxy) is 8. The van der Waals surface area contributed by atoms with Gasteiger partial charge in [0.25, 0.3) is 0 Å². The summed E-state index contributed by atoms with van der Waals surface area (Å²) in [5.41, 5.74) is -2.56.